The summed E-state index contributed by atoms with van der Waals surface area (Å²) in [6.45, 7) is 23.9. The van der Waals surface area contributed by atoms with Gasteiger partial charge in [-0.2, -0.15) is 0 Å². The molecule has 0 saturated carbocycles. The van der Waals surface area contributed by atoms with Gasteiger partial charge in [-0.3, -0.25) is 9.13 Å². The Morgan fingerprint density at radius 2 is 1.47 bits per heavy atom. The summed E-state index contributed by atoms with van der Waals surface area (Å²) >= 11 is 6.75. The normalized spacial score (nSPS) is 16.1. The Morgan fingerprint density at radius 1 is 0.922 bits per heavy atom. The second-order valence-electron chi connectivity index (χ2n) is 17.4. The highest BCUT2D eigenvalue weighted by Gasteiger charge is 2.39. The van der Waals surface area contributed by atoms with Gasteiger partial charge in [0.15, 0.2) is 0 Å². The molecule has 2 aromatic carbocycles. The molecular weight excluding hydrogens is 705 g/mol. The maximum absolute atomic E-state index is 14.1. The molecule has 2 heterocycles. The van der Waals surface area contributed by atoms with Crippen LogP contribution in [0.3, 0.4) is 0 Å². The smallest absolute Gasteiger partial charge is 0.410 e. The molecule has 4 rings (SSSR count). The zero-order valence-corrected chi connectivity index (χ0v) is 35.1. The lowest BCUT2D eigenvalue weighted by atomic mass is 9.73. The fraction of sp³-hybridized carbons (Fsp3) is 0.632. The molecule has 0 aliphatic carbocycles. The number of aromatic nitrogens is 2. The number of hydrogen-bond donors (Lipinski definition) is 0. The molecule has 1 unspecified atom stereocenters. The number of amides is 1. The van der Waals surface area contributed by atoms with E-state index in [9.17, 15) is 14.0 Å². The van der Waals surface area contributed by atoms with Crippen LogP contribution in [0.1, 0.15) is 57.8 Å². The van der Waals surface area contributed by atoms with Crippen LogP contribution in [-0.2, 0) is 37.8 Å². The predicted molar refractivity (Wildman–Crippen MR) is 209 cm³/mol. The number of carbonyl (C=O) groups excluding carboxylic acids is 1. The van der Waals surface area contributed by atoms with E-state index < -0.39 is 33.3 Å². The van der Waals surface area contributed by atoms with Gasteiger partial charge in [0, 0.05) is 58.5 Å². The van der Waals surface area contributed by atoms with Crippen LogP contribution in [0.25, 0.3) is 11.0 Å². The SMILES string of the molecule is CC(OCC1(c2ccc(F)cc2)CCN(C(=O)OC(C)(C)C)CC1)c1cc(Cl)cc2c1n(COCC[Si](C)(C)C)c(=O)n2COCC[Si](C)(C)C. The molecule has 13 heteroatoms. The number of hydrogen-bond acceptors (Lipinski definition) is 6. The summed E-state index contributed by atoms with van der Waals surface area (Å²) in [6, 6.07) is 12.2. The van der Waals surface area contributed by atoms with E-state index in [-0.39, 0.29) is 31.1 Å². The molecule has 1 aromatic heterocycles. The van der Waals surface area contributed by atoms with Gasteiger partial charge in [0.25, 0.3) is 0 Å². The van der Waals surface area contributed by atoms with Crippen LogP contribution in [-0.4, -0.2) is 74.8 Å². The standard InChI is InChI=1S/C38H59ClFN3O6Si2/c1-28(48-25-38(29-11-13-31(40)14-12-29)15-17-41(18-16-38)36(45)49-37(2,3)4)32-23-30(39)24-33-34(32)43(27-47-20-22-51(8,9)10)35(44)42(33)26-46-19-21-50(5,6)7/h11-14,23-24,28H,15-22,25-27H2,1-10H3. The summed E-state index contributed by atoms with van der Waals surface area (Å²) in [5.41, 5.74) is 1.79. The summed E-state index contributed by atoms with van der Waals surface area (Å²) in [5.74, 6) is -0.310. The summed E-state index contributed by atoms with van der Waals surface area (Å²) < 4.78 is 41.9. The van der Waals surface area contributed by atoms with E-state index >= 15 is 0 Å². The summed E-state index contributed by atoms with van der Waals surface area (Å²) in [5, 5.41) is 0.486. The number of rotatable bonds is 15. The van der Waals surface area contributed by atoms with Crippen molar-refractivity contribution in [3.05, 3.63) is 68.8 Å². The van der Waals surface area contributed by atoms with Crippen molar-refractivity contribution in [2.75, 3.05) is 32.9 Å². The minimum absolute atomic E-state index is 0.100. The van der Waals surface area contributed by atoms with Crippen molar-refractivity contribution >= 4 is 44.9 Å². The topological polar surface area (TPSA) is 84.2 Å². The molecule has 0 spiro atoms. The number of fused-ring (bicyclic) bond motifs is 1. The molecule has 3 aromatic rings. The molecule has 284 valence electrons. The van der Waals surface area contributed by atoms with Crippen LogP contribution in [0.5, 0.6) is 0 Å². The molecule has 0 bridgehead atoms. The number of halogens is 2. The first-order valence-electron chi connectivity index (χ1n) is 18.1. The molecule has 1 fully saturated rings. The first-order chi connectivity index (χ1) is 23.7. The monoisotopic (exact) mass is 763 g/mol. The molecule has 9 nitrogen and oxygen atoms in total. The Bertz CT molecular complexity index is 1680. The van der Waals surface area contributed by atoms with Gasteiger partial charge in [-0.05, 0) is 82.5 Å². The number of nitrogens with zero attached hydrogens (tertiary/aromatic N) is 3. The van der Waals surface area contributed by atoms with Crippen LogP contribution in [0.4, 0.5) is 9.18 Å². The molecule has 1 aliphatic rings. The molecule has 0 radical (unpaired) electrons. The highest BCUT2D eigenvalue weighted by Crippen LogP contribution is 2.39. The Kier molecular flexibility index (Phi) is 13.5. The maximum Gasteiger partial charge on any atom is 0.410 e. The van der Waals surface area contributed by atoms with Crippen molar-refractivity contribution in [2.24, 2.45) is 0 Å². The van der Waals surface area contributed by atoms with E-state index in [1.54, 1.807) is 20.1 Å². The van der Waals surface area contributed by atoms with Gasteiger partial charge in [-0.25, -0.2) is 14.0 Å². The third-order valence-electron chi connectivity index (χ3n) is 9.42. The van der Waals surface area contributed by atoms with E-state index in [0.29, 0.717) is 61.8 Å². The molecule has 1 saturated heterocycles. The van der Waals surface area contributed by atoms with Gasteiger partial charge in [-0.15, -0.1) is 0 Å². The van der Waals surface area contributed by atoms with E-state index in [4.69, 9.17) is 30.5 Å². The zero-order valence-electron chi connectivity index (χ0n) is 32.4. The third kappa shape index (κ3) is 11.5. The summed E-state index contributed by atoms with van der Waals surface area (Å²) in [7, 11) is -2.66. The second kappa shape index (κ2) is 16.7. The van der Waals surface area contributed by atoms with Crippen molar-refractivity contribution in [1.29, 1.82) is 0 Å². The molecular formula is C38H59ClFN3O6Si2. The van der Waals surface area contributed by atoms with Crippen LogP contribution < -0.4 is 5.69 Å². The van der Waals surface area contributed by atoms with Crippen LogP contribution >= 0.6 is 11.6 Å². The third-order valence-corrected chi connectivity index (χ3v) is 13.0. The van der Waals surface area contributed by atoms with Crippen LogP contribution in [0, 0.1) is 5.82 Å². The maximum atomic E-state index is 14.1. The summed E-state index contributed by atoms with van der Waals surface area (Å²) in [4.78, 5) is 28.7. The van der Waals surface area contributed by atoms with Crippen molar-refractivity contribution in [3.63, 3.8) is 0 Å². The van der Waals surface area contributed by atoms with E-state index in [2.05, 4.69) is 39.3 Å². The minimum atomic E-state index is -1.34. The van der Waals surface area contributed by atoms with Crippen molar-refractivity contribution < 1.29 is 28.1 Å². The summed E-state index contributed by atoms with van der Waals surface area (Å²) in [6.07, 6.45) is 0.403. The average Bonchev–Trinajstić information content (AvgIpc) is 3.28. The Hall–Kier alpha value is -2.49. The van der Waals surface area contributed by atoms with Crippen molar-refractivity contribution in [2.45, 2.75) is 122 Å². The number of benzene rings is 2. The van der Waals surface area contributed by atoms with Crippen LogP contribution in [0.15, 0.2) is 41.2 Å². The number of ether oxygens (including phenoxy) is 4. The average molecular weight is 765 g/mol. The fourth-order valence-electron chi connectivity index (χ4n) is 6.21. The fourth-order valence-corrected chi connectivity index (χ4v) is 7.94. The molecule has 0 N–H and O–H groups in total. The van der Waals surface area contributed by atoms with E-state index in [1.165, 1.54) is 12.1 Å². The number of likely N-dealkylation sites (tertiary alicyclic amines) is 1. The quantitative estimate of drug-likeness (QED) is 0.113. The largest absolute Gasteiger partial charge is 0.444 e. The molecule has 1 atom stereocenters. The van der Waals surface area contributed by atoms with Gasteiger partial charge in [0.05, 0.1) is 23.7 Å². The lowest BCUT2D eigenvalue weighted by Gasteiger charge is -2.42. The first-order valence-corrected chi connectivity index (χ1v) is 25.9. The van der Waals surface area contributed by atoms with Gasteiger partial charge in [0.2, 0.25) is 0 Å². The highest BCUT2D eigenvalue weighted by molar-refractivity contribution is 6.76. The number of imidazole rings is 1. The highest BCUT2D eigenvalue weighted by atomic mass is 35.5. The lowest BCUT2D eigenvalue weighted by molar-refractivity contribution is -0.00945. The Morgan fingerprint density at radius 3 is 2.00 bits per heavy atom. The van der Waals surface area contributed by atoms with Gasteiger partial charge in [0.1, 0.15) is 24.9 Å². The first kappa shape index (κ1) is 41.3. The number of piperidine rings is 1. The molecule has 1 amide bonds. The van der Waals surface area contributed by atoms with Crippen molar-refractivity contribution in [3.8, 4) is 0 Å². The molecule has 51 heavy (non-hydrogen) atoms. The second-order valence-corrected chi connectivity index (χ2v) is 29.1. The lowest BCUT2D eigenvalue weighted by Crippen LogP contribution is -2.48. The number of carbonyl (C=O) groups is 1. The van der Waals surface area contributed by atoms with Crippen molar-refractivity contribution in [1.82, 2.24) is 14.0 Å². The van der Waals surface area contributed by atoms with E-state index in [0.717, 1.165) is 23.2 Å². The van der Waals surface area contributed by atoms with Gasteiger partial charge in [-0.1, -0.05) is 63.0 Å². The van der Waals surface area contributed by atoms with Gasteiger partial charge >= 0.3 is 11.8 Å². The Balaban J connectivity index is 1.65. The van der Waals surface area contributed by atoms with Crippen LogP contribution in [0.2, 0.25) is 56.4 Å². The Labute approximate surface area is 310 Å². The minimum Gasteiger partial charge on any atom is -0.444 e. The zero-order chi connectivity index (χ0) is 37.8. The van der Waals surface area contributed by atoms with E-state index in [1.807, 2.05) is 45.9 Å². The molecule has 1 aliphatic heterocycles. The van der Waals surface area contributed by atoms with Gasteiger partial charge < -0.3 is 23.8 Å². The predicted octanol–water partition coefficient (Wildman–Crippen LogP) is 9.27.